The lowest BCUT2D eigenvalue weighted by atomic mass is 10.2. The fourth-order valence-electron chi connectivity index (χ4n) is 4.69. The number of nitrogens with zero attached hydrogens (tertiary/aromatic N) is 5. The summed E-state index contributed by atoms with van der Waals surface area (Å²) in [5, 5.41) is 13.7. The minimum absolute atomic E-state index is 0.0564. The second kappa shape index (κ2) is 11.5. The molecule has 0 saturated heterocycles. The number of pyridine rings is 1. The monoisotopic (exact) mass is 547 g/mol. The van der Waals surface area contributed by atoms with Crippen LogP contribution in [0.1, 0.15) is 16.7 Å². The van der Waals surface area contributed by atoms with Crippen molar-refractivity contribution in [1.82, 2.24) is 23.9 Å². The van der Waals surface area contributed by atoms with E-state index in [1.54, 1.807) is 39.2 Å². The van der Waals surface area contributed by atoms with E-state index in [0.717, 1.165) is 27.9 Å². The van der Waals surface area contributed by atoms with Gasteiger partial charge in [0.25, 0.3) is 0 Å². The molecule has 0 radical (unpaired) electrons. The average Bonchev–Trinajstić information content (AvgIpc) is 3.58. The number of aliphatic hydroxyl groups is 1. The van der Waals surface area contributed by atoms with Gasteiger partial charge in [-0.2, -0.15) is 10.1 Å². The predicted molar refractivity (Wildman–Crippen MR) is 156 cm³/mol. The number of imidazole rings is 1. The van der Waals surface area contributed by atoms with Crippen molar-refractivity contribution in [3.05, 3.63) is 131 Å². The highest BCUT2D eigenvalue weighted by molar-refractivity contribution is 5.81. The Morgan fingerprint density at radius 2 is 1.51 bits per heavy atom. The van der Waals surface area contributed by atoms with Crippen molar-refractivity contribution < 1.29 is 14.6 Å². The molecule has 0 spiro atoms. The fraction of sp³-hybridized carbons (Fsp3) is 0.156. The van der Waals surface area contributed by atoms with E-state index in [0.29, 0.717) is 36.0 Å². The molecular formula is C32H29N5O4. The molecular weight excluding hydrogens is 518 g/mol. The van der Waals surface area contributed by atoms with Gasteiger partial charge in [0.05, 0.1) is 22.9 Å². The number of hydrogen-bond donors (Lipinski definition) is 1. The zero-order valence-electron chi connectivity index (χ0n) is 22.6. The molecule has 6 rings (SSSR count). The highest BCUT2D eigenvalue weighted by Crippen LogP contribution is 2.28. The Labute approximate surface area is 236 Å². The van der Waals surface area contributed by atoms with Crippen molar-refractivity contribution in [1.29, 1.82) is 0 Å². The van der Waals surface area contributed by atoms with Crippen molar-refractivity contribution >= 4 is 11.0 Å². The standard InChI is InChI=1S/C32H29N5O4/c1-35-29-18-26(36-20-25(16-17-38)19-33-36)12-13-27(29)37(32(35)39)28-14-15-30(40-21-23-8-4-2-5-9-23)34-31(28)41-22-24-10-6-3-7-11-24/h2-15,18-20,38H,16-17,21-22H2,1H3. The van der Waals surface area contributed by atoms with Gasteiger partial charge < -0.3 is 14.6 Å². The summed E-state index contributed by atoms with van der Waals surface area (Å²) in [7, 11) is 1.74. The molecule has 3 heterocycles. The van der Waals surface area contributed by atoms with Crippen LogP contribution in [0, 0.1) is 0 Å². The molecule has 0 fully saturated rings. The van der Waals surface area contributed by atoms with Crippen LogP contribution in [0.3, 0.4) is 0 Å². The molecule has 0 amide bonds. The molecule has 0 bridgehead atoms. The quantitative estimate of drug-likeness (QED) is 0.269. The first-order valence-corrected chi connectivity index (χ1v) is 13.3. The van der Waals surface area contributed by atoms with Crippen LogP contribution in [0.15, 0.2) is 108 Å². The van der Waals surface area contributed by atoms with Gasteiger partial charge in [0, 0.05) is 25.9 Å². The zero-order chi connectivity index (χ0) is 28.2. The van der Waals surface area contributed by atoms with Crippen molar-refractivity contribution in [3.8, 4) is 23.1 Å². The van der Waals surface area contributed by atoms with Gasteiger partial charge in [0.1, 0.15) is 18.9 Å². The van der Waals surface area contributed by atoms with E-state index < -0.39 is 0 Å². The van der Waals surface area contributed by atoms with E-state index in [1.165, 1.54) is 0 Å². The Kier molecular flexibility index (Phi) is 7.34. The third kappa shape index (κ3) is 5.48. The van der Waals surface area contributed by atoms with Crippen LogP contribution in [0.25, 0.3) is 22.4 Å². The fourth-order valence-corrected chi connectivity index (χ4v) is 4.69. The van der Waals surface area contributed by atoms with E-state index >= 15 is 0 Å². The van der Waals surface area contributed by atoms with E-state index in [9.17, 15) is 9.90 Å². The molecule has 206 valence electrons. The molecule has 9 nitrogen and oxygen atoms in total. The highest BCUT2D eigenvalue weighted by Gasteiger charge is 2.19. The van der Waals surface area contributed by atoms with Crippen LogP contribution in [-0.4, -0.2) is 35.6 Å². The van der Waals surface area contributed by atoms with Crippen LogP contribution < -0.4 is 15.2 Å². The molecule has 0 atom stereocenters. The van der Waals surface area contributed by atoms with E-state index in [4.69, 9.17) is 9.47 Å². The average molecular weight is 548 g/mol. The number of aliphatic hydroxyl groups excluding tert-OH is 1. The summed E-state index contributed by atoms with van der Waals surface area (Å²) in [6.45, 7) is 0.693. The van der Waals surface area contributed by atoms with Gasteiger partial charge in [0.15, 0.2) is 0 Å². The molecule has 0 aliphatic heterocycles. The third-order valence-corrected chi connectivity index (χ3v) is 6.84. The smallest absolute Gasteiger partial charge is 0.333 e. The molecule has 41 heavy (non-hydrogen) atoms. The first-order chi connectivity index (χ1) is 20.1. The lowest BCUT2D eigenvalue weighted by molar-refractivity contribution is 0.267. The van der Waals surface area contributed by atoms with Crippen molar-refractivity contribution in [2.45, 2.75) is 19.6 Å². The van der Waals surface area contributed by atoms with Crippen LogP contribution in [0.5, 0.6) is 11.8 Å². The Balaban J connectivity index is 1.38. The minimum atomic E-state index is -0.233. The second-order valence-corrected chi connectivity index (χ2v) is 9.64. The predicted octanol–water partition coefficient (Wildman–Crippen LogP) is 4.60. The number of aryl methyl sites for hydroxylation is 1. The Morgan fingerprint density at radius 1 is 0.805 bits per heavy atom. The maximum atomic E-state index is 13.6. The number of ether oxygens (including phenoxy) is 2. The first kappa shape index (κ1) is 26.1. The summed E-state index contributed by atoms with van der Waals surface area (Å²) in [5.74, 6) is 0.687. The van der Waals surface area contributed by atoms with Gasteiger partial charge >= 0.3 is 5.69 Å². The summed E-state index contributed by atoms with van der Waals surface area (Å²) in [4.78, 5) is 18.3. The molecule has 3 aromatic carbocycles. The van der Waals surface area contributed by atoms with E-state index in [-0.39, 0.29) is 18.9 Å². The van der Waals surface area contributed by atoms with Gasteiger partial charge in [-0.05, 0) is 47.4 Å². The van der Waals surface area contributed by atoms with Gasteiger partial charge in [-0.25, -0.2) is 9.48 Å². The maximum Gasteiger partial charge on any atom is 0.333 e. The largest absolute Gasteiger partial charge is 0.473 e. The number of benzene rings is 3. The Hall–Kier alpha value is -5.15. The minimum Gasteiger partial charge on any atom is -0.473 e. The number of aromatic nitrogens is 5. The molecule has 9 heteroatoms. The van der Waals surface area contributed by atoms with Gasteiger partial charge in [0.2, 0.25) is 11.8 Å². The number of fused-ring (bicyclic) bond motifs is 1. The molecule has 6 aromatic rings. The summed E-state index contributed by atoms with van der Waals surface area (Å²) in [5.41, 5.74) is 5.44. The van der Waals surface area contributed by atoms with Crippen LogP contribution in [0.4, 0.5) is 0 Å². The van der Waals surface area contributed by atoms with E-state index in [2.05, 4.69) is 10.1 Å². The molecule has 0 aliphatic carbocycles. The van der Waals surface area contributed by atoms with Crippen LogP contribution >= 0.6 is 0 Å². The second-order valence-electron chi connectivity index (χ2n) is 9.64. The number of rotatable bonds is 10. The summed E-state index contributed by atoms with van der Waals surface area (Å²) < 4.78 is 17.1. The van der Waals surface area contributed by atoms with Gasteiger partial charge in [-0.15, -0.1) is 0 Å². The summed E-state index contributed by atoms with van der Waals surface area (Å²) in [6, 6.07) is 28.9. The van der Waals surface area contributed by atoms with Gasteiger partial charge in [-0.1, -0.05) is 60.7 Å². The normalized spacial score (nSPS) is 11.2. The molecule has 0 unspecified atom stereocenters. The lowest BCUT2D eigenvalue weighted by Gasteiger charge is -2.14. The SMILES string of the molecule is Cn1c(=O)n(-c2ccc(OCc3ccccc3)nc2OCc2ccccc2)c2ccc(-n3cc(CCO)cn3)cc21. The highest BCUT2D eigenvalue weighted by atomic mass is 16.5. The third-order valence-electron chi connectivity index (χ3n) is 6.84. The van der Waals surface area contributed by atoms with Crippen molar-refractivity contribution in [2.75, 3.05) is 6.61 Å². The van der Waals surface area contributed by atoms with Crippen LogP contribution in [0.2, 0.25) is 0 Å². The lowest BCUT2D eigenvalue weighted by Crippen LogP contribution is -2.21. The van der Waals surface area contributed by atoms with Gasteiger partial charge in [-0.3, -0.25) is 9.13 Å². The van der Waals surface area contributed by atoms with Crippen molar-refractivity contribution in [3.63, 3.8) is 0 Å². The topological polar surface area (TPSA) is 96.3 Å². The van der Waals surface area contributed by atoms with Crippen molar-refractivity contribution in [2.24, 2.45) is 7.05 Å². The number of hydrogen-bond acceptors (Lipinski definition) is 6. The first-order valence-electron chi connectivity index (χ1n) is 13.3. The van der Waals surface area contributed by atoms with Crippen LogP contribution in [-0.2, 0) is 26.7 Å². The Bertz CT molecular complexity index is 1840. The Morgan fingerprint density at radius 3 is 2.22 bits per heavy atom. The molecule has 0 saturated carbocycles. The molecule has 3 aromatic heterocycles. The maximum absolute atomic E-state index is 13.6. The molecule has 1 N–H and O–H groups in total. The zero-order valence-corrected chi connectivity index (χ0v) is 22.6. The molecule has 0 aliphatic rings. The summed E-state index contributed by atoms with van der Waals surface area (Å²) in [6.07, 6.45) is 4.13. The van der Waals surface area contributed by atoms with E-state index in [1.807, 2.05) is 85.1 Å². The summed E-state index contributed by atoms with van der Waals surface area (Å²) >= 11 is 0.